The number of ether oxygens (including phenoxy) is 3. The monoisotopic (exact) mass is 450 g/mol. The van der Waals surface area contributed by atoms with E-state index in [1.54, 1.807) is 6.07 Å². The molecular formula is C22H34N4O6. The van der Waals surface area contributed by atoms with Crippen molar-refractivity contribution in [1.82, 2.24) is 4.98 Å². The van der Waals surface area contributed by atoms with Crippen LogP contribution in [0.1, 0.15) is 58.8 Å². The molecule has 2 fully saturated rings. The maximum absolute atomic E-state index is 12.1. The first kappa shape index (κ1) is 24.2. The van der Waals surface area contributed by atoms with Crippen LogP contribution in [0.2, 0.25) is 0 Å². The summed E-state index contributed by atoms with van der Waals surface area (Å²) in [5.74, 6) is 0.172. The number of aromatic nitrogens is 1. The van der Waals surface area contributed by atoms with Gasteiger partial charge in [0.1, 0.15) is 18.5 Å². The van der Waals surface area contributed by atoms with Crippen LogP contribution in [0.5, 0.6) is 5.88 Å². The standard InChI is InChI=1S/C22H34N4O6/c1-15(2)22(21(23)27)8-6-16(7-9-22)25-17-13-19(24-14-18(17)26(28)29)30-11-12-32-20-5-3-4-10-31-20/h13-16,20H,3-12H2,1-2H3,(H2,23,27)(H,24,25). The van der Waals surface area contributed by atoms with Crippen LogP contribution in [0.25, 0.3) is 0 Å². The first-order chi connectivity index (χ1) is 15.3. The summed E-state index contributed by atoms with van der Waals surface area (Å²) in [5.41, 5.74) is 5.43. The molecule has 1 unspecified atom stereocenters. The average molecular weight is 451 g/mol. The molecule has 0 radical (unpaired) electrons. The molecule has 0 aromatic carbocycles. The molecule has 10 heteroatoms. The number of carbonyl (C=O) groups excluding carboxylic acids is 1. The maximum Gasteiger partial charge on any atom is 0.310 e. The lowest BCUT2D eigenvalue weighted by molar-refractivity contribution is -0.384. The lowest BCUT2D eigenvalue weighted by Gasteiger charge is -2.41. The van der Waals surface area contributed by atoms with Crippen LogP contribution in [0.3, 0.4) is 0 Å². The number of anilines is 1. The largest absolute Gasteiger partial charge is 0.475 e. The number of carbonyl (C=O) groups is 1. The molecule has 2 aliphatic rings. The third-order valence-corrected chi connectivity index (χ3v) is 6.66. The van der Waals surface area contributed by atoms with E-state index in [9.17, 15) is 14.9 Å². The van der Waals surface area contributed by atoms with Gasteiger partial charge in [-0.1, -0.05) is 13.8 Å². The normalized spacial score (nSPS) is 26.0. The molecule has 1 saturated heterocycles. The van der Waals surface area contributed by atoms with Crippen LogP contribution in [0.4, 0.5) is 11.4 Å². The number of pyridine rings is 1. The van der Waals surface area contributed by atoms with Crippen molar-refractivity contribution >= 4 is 17.3 Å². The fourth-order valence-electron chi connectivity index (χ4n) is 4.54. The van der Waals surface area contributed by atoms with Gasteiger partial charge in [0.2, 0.25) is 11.8 Å². The van der Waals surface area contributed by atoms with Crippen molar-refractivity contribution in [3.63, 3.8) is 0 Å². The smallest absolute Gasteiger partial charge is 0.310 e. The van der Waals surface area contributed by atoms with Gasteiger partial charge < -0.3 is 25.3 Å². The topological polar surface area (TPSA) is 139 Å². The number of hydrogen-bond acceptors (Lipinski definition) is 8. The van der Waals surface area contributed by atoms with Crippen molar-refractivity contribution in [2.24, 2.45) is 17.1 Å². The highest BCUT2D eigenvalue weighted by Crippen LogP contribution is 2.43. The highest BCUT2D eigenvalue weighted by molar-refractivity contribution is 5.81. The van der Waals surface area contributed by atoms with Crippen LogP contribution >= 0.6 is 0 Å². The fourth-order valence-corrected chi connectivity index (χ4v) is 4.54. The number of nitro groups is 1. The first-order valence-corrected chi connectivity index (χ1v) is 11.4. The van der Waals surface area contributed by atoms with E-state index in [4.69, 9.17) is 19.9 Å². The molecule has 1 atom stereocenters. The summed E-state index contributed by atoms with van der Waals surface area (Å²) in [5, 5.41) is 14.7. The zero-order valence-electron chi connectivity index (χ0n) is 18.9. The number of nitrogens with two attached hydrogens (primary N) is 1. The van der Waals surface area contributed by atoms with Crippen molar-refractivity contribution in [1.29, 1.82) is 0 Å². The molecule has 1 aliphatic carbocycles. The summed E-state index contributed by atoms with van der Waals surface area (Å²) in [6.07, 6.45) is 6.73. The average Bonchev–Trinajstić information content (AvgIpc) is 2.77. The zero-order valence-corrected chi connectivity index (χ0v) is 18.9. The third kappa shape index (κ3) is 5.86. The second kappa shape index (κ2) is 10.9. The van der Waals surface area contributed by atoms with Crippen molar-refractivity contribution in [2.45, 2.75) is 71.1 Å². The third-order valence-electron chi connectivity index (χ3n) is 6.66. The Balaban J connectivity index is 1.57. The Hall–Kier alpha value is -2.46. The van der Waals surface area contributed by atoms with E-state index >= 15 is 0 Å². The molecule has 2 heterocycles. The predicted octanol–water partition coefficient (Wildman–Crippen LogP) is 3.39. The number of amides is 1. The van der Waals surface area contributed by atoms with E-state index in [1.807, 2.05) is 13.8 Å². The van der Waals surface area contributed by atoms with Crippen LogP contribution in [-0.2, 0) is 14.3 Å². The lowest BCUT2D eigenvalue weighted by Crippen LogP contribution is -2.46. The SMILES string of the molecule is CC(C)C1(C(N)=O)CCC(Nc2cc(OCCOC3CCCCO3)ncc2[N+](=O)[O-])CC1. The van der Waals surface area contributed by atoms with Gasteiger partial charge in [0.05, 0.1) is 16.9 Å². The Morgan fingerprint density at radius 3 is 2.69 bits per heavy atom. The van der Waals surface area contributed by atoms with Gasteiger partial charge in [0.15, 0.2) is 6.29 Å². The summed E-state index contributed by atoms with van der Waals surface area (Å²) in [7, 11) is 0. The van der Waals surface area contributed by atoms with E-state index < -0.39 is 10.3 Å². The van der Waals surface area contributed by atoms with Crippen LogP contribution < -0.4 is 15.8 Å². The fraction of sp³-hybridized carbons (Fsp3) is 0.727. The highest BCUT2D eigenvalue weighted by atomic mass is 16.7. The molecule has 10 nitrogen and oxygen atoms in total. The number of hydrogen-bond donors (Lipinski definition) is 2. The minimum Gasteiger partial charge on any atom is -0.475 e. The van der Waals surface area contributed by atoms with Gasteiger partial charge in [-0.3, -0.25) is 14.9 Å². The number of nitrogens with one attached hydrogen (secondary N) is 1. The summed E-state index contributed by atoms with van der Waals surface area (Å²) < 4.78 is 16.8. The van der Waals surface area contributed by atoms with Crippen molar-refractivity contribution in [3.05, 3.63) is 22.4 Å². The molecule has 1 amide bonds. The molecule has 1 aromatic heterocycles. The van der Waals surface area contributed by atoms with Gasteiger partial charge in [-0.15, -0.1) is 0 Å². The summed E-state index contributed by atoms with van der Waals surface area (Å²) in [6, 6.07) is 1.55. The Labute approximate surface area is 188 Å². The van der Waals surface area contributed by atoms with Gasteiger partial charge in [0, 0.05) is 18.7 Å². The minimum atomic E-state index is -0.515. The molecule has 178 valence electrons. The second-order valence-corrected chi connectivity index (χ2v) is 8.91. The van der Waals surface area contributed by atoms with Gasteiger partial charge in [-0.05, 0) is 50.9 Å². The van der Waals surface area contributed by atoms with Crippen molar-refractivity contribution in [3.8, 4) is 5.88 Å². The quantitative estimate of drug-likeness (QED) is 0.314. The van der Waals surface area contributed by atoms with Crippen molar-refractivity contribution < 1.29 is 23.9 Å². The van der Waals surface area contributed by atoms with Gasteiger partial charge in [-0.25, -0.2) is 4.98 Å². The molecule has 1 aromatic rings. The van der Waals surface area contributed by atoms with Gasteiger partial charge in [0.25, 0.3) is 0 Å². The molecule has 3 rings (SSSR count). The van der Waals surface area contributed by atoms with Crippen molar-refractivity contribution in [2.75, 3.05) is 25.1 Å². The molecular weight excluding hydrogens is 416 g/mol. The molecule has 0 spiro atoms. The number of rotatable bonds is 10. The molecule has 1 aliphatic heterocycles. The Morgan fingerprint density at radius 2 is 2.09 bits per heavy atom. The van der Waals surface area contributed by atoms with Crippen LogP contribution in [-0.4, -0.2) is 48.0 Å². The summed E-state index contributed by atoms with van der Waals surface area (Å²) in [4.78, 5) is 27.1. The molecule has 3 N–H and O–H groups in total. The number of nitrogens with zero attached hydrogens (tertiary/aromatic N) is 2. The Bertz CT molecular complexity index is 789. The van der Waals surface area contributed by atoms with Gasteiger partial charge >= 0.3 is 5.69 Å². The zero-order chi connectivity index (χ0) is 23.1. The Morgan fingerprint density at radius 1 is 1.34 bits per heavy atom. The highest BCUT2D eigenvalue weighted by Gasteiger charge is 2.43. The summed E-state index contributed by atoms with van der Waals surface area (Å²) in [6.45, 7) is 5.35. The molecule has 32 heavy (non-hydrogen) atoms. The predicted molar refractivity (Wildman–Crippen MR) is 118 cm³/mol. The summed E-state index contributed by atoms with van der Waals surface area (Å²) >= 11 is 0. The van der Waals surface area contributed by atoms with E-state index in [2.05, 4.69) is 10.3 Å². The van der Waals surface area contributed by atoms with E-state index in [0.717, 1.165) is 19.3 Å². The lowest BCUT2D eigenvalue weighted by atomic mass is 9.65. The maximum atomic E-state index is 12.1. The van der Waals surface area contributed by atoms with Gasteiger partial charge in [-0.2, -0.15) is 0 Å². The first-order valence-electron chi connectivity index (χ1n) is 11.4. The van der Waals surface area contributed by atoms with Crippen LogP contribution in [0.15, 0.2) is 12.3 Å². The molecule has 0 bridgehead atoms. The minimum absolute atomic E-state index is 0.00181. The second-order valence-electron chi connectivity index (χ2n) is 8.91. The Kier molecular flexibility index (Phi) is 8.25. The van der Waals surface area contributed by atoms with Crippen LogP contribution in [0, 0.1) is 21.4 Å². The van der Waals surface area contributed by atoms with E-state index in [1.165, 1.54) is 6.20 Å². The number of primary amides is 1. The molecule has 1 saturated carbocycles. The van der Waals surface area contributed by atoms with E-state index in [0.29, 0.717) is 44.6 Å². The van der Waals surface area contributed by atoms with E-state index in [-0.39, 0.29) is 42.3 Å².